The summed E-state index contributed by atoms with van der Waals surface area (Å²) < 4.78 is 3.17. The van der Waals surface area contributed by atoms with Crippen molar-refractivity contribution in [1.29, 1.82) is 0 Å². The van der Waals surface area contributed by atoms with Crippen molar-refractivity contribution in [2.75, 3.05) is 0 Å². The van der Waals surface area contributed by atoms with Crippen LogP contribution in [0, 0.1) is 0 Å². The molecule has 0 radical (unpaired) electrons. The summed E-state index contributed by atoms with van der Waals surface area (Å²) in [5.41, 5.74) is 2.08. The maximum absolute atomic E-state index is 11.2. The molecule has 0 aliphatic carbocycles. The van der Waals surface area contributed by atoms with E-state index in [1.54, 1.807) is 0 Å². The predicted molar refractivity (Wildman–Crippen MR) is 69.2 cm³/mol. The third kappa shape index (κ3) is 1.67. The van der Waals surface area contributed by atoms with Crippen LogP contribution < -0.4 is 0 Å². The molecule has 2 heterocycles. The van der Waals surface area contributed by atoms with Crippen molar-refractivity contribution in [3.05, 3.63) is 34.4 Å². The first-order chi connectivity index (χ1) is 8.16. The average Bonchev–Trinajstić information content (AvgIpc) is 2.65. The number of hydrogen-bond acceptors (Lipinski definition) is 1. The highest BCUT2D eigenvalue weighted by Gasteiger charge is 2.27. The van der Waals surface area contributed by atoms with Crippen molar-refractivity contribution < 1.29 is 9.90 Å². The van der Waals surface area contributed by atoms with Crippen molar-refractivity contribution in [2.24, 2.45) is 0 Å². The Bertz CT molecular complexity index is 603. The molecule has 0 saturated carbocycles. The highest BCUT2D eigenvalue weighted by Crippen LogP contribution is 2.34. The second-order valence-corrected chi connectivity index (χ2v) is 5.37. The molecule has 0 amide bonds. The largest absolute Gasteiger partial charge is 0.481 e. The van der Waals surface area contributed by atoms with Crippen LogP contribution in [-0.2, 0) is 11.3 Å². The summed E-state index contributed by atoms with van der Waals surface area (Å²) in [4.78, 5) is 11.2. The lowest BCUT2D eigenvalue weighted by atomic mass is 9.96. The second kappa shape index (κ2) is 3.88. The Morgan fingerprint density at radius 2 is 2.24 bits per heavy atom. The monoisotopic (exact) mass is 293 g/mol. The smallest absolute Gasteiger partial charge is 0.312 e. The molecule has 0 spiro atoms. The van der Waals surface area contributed by atoms with Gasteiger partial charge in [0.05, 0.1) is 5.92 Å². The number of carboxylic acids is 1. The topological polar surface area (TPSA) is 42.2 Å². The molecule has 1 aliphatic heterocycles. The van der Waals surface area contributed by atoms with Gasteiger partial charge in [-0.2, -0.15) is 0 Å². The van der Waals surface area contributed by atoms with Crippen LogP contribution in [0.2, 0.25) is 0 Å². The van der Waals surface area contributed by atoms with E-state index in [4.69, 9.17) is 0 Å². The Morgan fingerprint density at radius 1 is 1.41 bits per heavy atom. The van der Waals surface area contributed by atoms with Crippen LogP contribution in [0.1, 0.15) is 24.5 Å². The van der Waals surface area contributed by atoms with E-state index in [9.17, 15) is 9.90 Å². The number of aromatic nitrogens is 1. The molecule has 1 atom stereocenters. The van der Waals surface area contributed by atoms with E-state index >= 15 is 0 Å². The number of hydrogen-bond donors (Lipinski definition) is 1. The van der Waals surface area contributed by atoms with Crippen molar-refractivity contribution in [1.82, 2.24) is 4.57 Å². The molecule has 88 valence electrons. The van der Waals surface area contributed by atoms with E-state index in [0.29, 0.717) is 0 Å². The van der Waals surface area contributed by atoms with E-state index in [-0.39, 0.29) is 5.92 Å². The fourth-order valence-corrected chi connectivity index (χ4v) is 3.03. The fourth-order valence-electron chi connectivity index (χ4n) is 2.65. The summed E-state index contributed by atoms with van der Waals surface area (Å²) in [7, 11) is 0. The minimum Gasteiger partial charge on any atom is -0.481 e. The summed E-state index contributed by atoms with van der Waals surface area (Å²) in [6.45, 7) is 0.921. The molecule has 0 bridgehead atoms. The zero-order chi connectivity index (χ0) is 12.0. The van der Waals surface area contributed by atoms with Crippen molar-refractivity contribution in [2.45, 2.75) is 25.3 Å². The maximum Gasteiger partial charge on any atom is 0.312 e. The molecule has 17 heavy (non-hydrogen) atoms. The predicted octanol–water partition coefficient (Wildman–Crippen LogP) is 3.37. The average molecular weight is 294 g/mol. The standard InChI is InChI=1S/C13H12BrNO2/c14-9-3-4-11-8(6-9)7-12-10(13(16)17)2-1-5-15(11)12/h3-4,6-7,10H,1-2,5H2,(H,16,17). The lowest BCUT2D eigenvalue weighted by Crippen LogP contribution is -2.21. The molecule has 1 unspecified atom stereocenters. The van der Waals surface area contributed by atoms with Gasteiger partial charge in [-0.15, -0.1) is 0 Å². The van der Waals surface area contributed by atoms with Gasteiger partial charge in [0.2, 0.25) is 0 Å². The number of nitrogens with zero attached hydrogens (tertiary/aromatic N) is 1. The first kappa shape index (κ1) is 10.8. The van der Waals surface area contributed by atoms with Gasteiger partial charge < -0.3 is 9.67 Å². The van der Waals surface area contributed by atoms with E-state index in [1.165, 1.54) is 0 Å². The Hall–Kier alpha value is -1.29. The van der Waals surface area contributed by atoms with Crippen LogP contribution in [-0.4, -0.2) is 15.6 Å². The summed E-state index contributed by atoms with van der Waals surface area (Å²) in [6, 6.07) is 8.10. The van der Waals surface area contributed by atoms with Crippen molar-refractivity contribution >= 4 is 32.8 Å². The number of benzene rings is 1. The highest BCUT2D eigenvalue weighted by atomic mass is 79.9. The first-order valence-corrected chi connectivity index (χ1v) is 6.47. The number of aryl methyl sites for hydroxylation is 1. The van der Waals surface area contributed by atoms with Crippen LogP contribution >= 0.6 is 15.9 Å². The number of halogens is 1. The van der Waals surface area contributed by atoms with Crippen LogP contribution in [0.25, 0.3) is 10.9 Å². The molecule has 1 aliphatic rings. The van der Waals surface area contributed by atoms with Crippen LogP contribution in [0.5, 0.6) is 0 Å². The summed E-state index contributed by atoms with van der Waals surface area (Å²) in [5, 5.41) is 10.4. The van der Waals surface area contributed by atoms with Gasteiger partial charge in [0.1, 0.15) is 0 Å². The van der Waals surface area contributed by atoms with Gasteiger partial charge in [0.15, 0.2) is 0 Å². The third-order valence-electron chi connectivity index (χ3n) is 3.43. The summed E-state index contributed by atoms with van der Waals surface area (Å²) >= 11 is 3.44. The van der Waals surface area contributed by atoms with Crippen LogP contribution in [0.15, 0.2) is 28.7 Å². The lowest BCUT2D eigenvalue weighted by molar-refractivity contribution is -0.139. The number of aliphatic carboxylic acids is 1. The molecule has 1 aromatic carbocycles. The molecule has 2 aromatic rings. The van der Waals surface area contributed by atoms with Crippen LogP contribution in [0.3, 0.4) is 0 Å². The quantitative estimate of drug-likeness (QED) is 0.876. The zero-order valence-electron chi connectivity index (χ0n) is 9.19. The summed E-state index contributed by atoms with van der Waals surface area (Å²) in [6.07, 6.45) is 1.68. The first-order valence-electron chi connectivity index (χ1n) is 5.68. The SMILES string of the molecule is O=C(O)C1CCCn2c1cc1cc(Br)ccc12. The molecule has 1 N–H and O–H groups in total. The third-order valence-corrected chi connectivity index (χ3v) is 3.92. The van der Waals surface area contributed by atoms with Crippen LogP contribution in [0.4, 0.5) is 0 Å². The van der Waals surface area contributed by atoms with E-state index < -0.39 is 5.97 Å². The van der Waals surface area contributed by atoms with Crippen molar-refractivity contribution in [3.63, 3.8) is 0 Å². The molecular formula is C13H12BrNO2. The van der Waals surface area contributed by atoms with Gasteiger partial charge >= 0.3 is 5.97 Å². The zero-order valence-corrected chi connectivity index (χ0v) is 10.8. The number of carbonyl (C=O) groups is 1. The summed E-state index contributed by atoms with van der Waals surface area (Å²) in [5.74, 6) is -1.07. The normalized spacial score (nSPS) is 19.2. The van der Waals surface area contributed by atoms with Gasteiger partial charge in [0.25, 0.3) is 0 Å². The molecule has 4 heteroatoms. The van der Waals surface area contributed by atoms with E-state index in [0.717, 1.165) is 40.5 Å². The molecular weight excluding hydrogens is 282 g/mol. The second-order valence-electron chi connectivity index (χ2n) is 4.46. The molecule has 1 aromatic heterocycles. The Balaban J connectivity index is 2.24. The van der Waals surface area contributed by atoms with E-state index in [1.807, 2.05) is 24.3 Å². The Kier molecular flexibility index (Phi) is 2.47. The maximum atomic E-state index is 11.2. The Labute approximate surface area is 107 Å². The van der Waals surface area contributed by atoms with Crippen molar-refractivity contribution in [3.8, 4) is 0 Å². The van der Waals surface area contributed by atoms with Gasteiger partial charge in [-0.25, -0.2) is 0 Å². The molecule has 3 rings (SSSR count). The minimum atomic E-state index is -0.715. The molecule has 0 saturated heterocycles. The number of rotatable bonds is 1. The minimum absolute atomic E-state index is 0.352. The van der Waals surface area contributed by atoms with Gasteiger partial charge in [0, 0.05) is 27.6 Å². The number of fused-ring (bicyclic) bond motifs is 3. The highest BCUT2D eigenvalue weighted by molar-refractivity contribution is 9.10. The van der Waals surface area contributed by atoms with Gasteiger partial charge in [-0.05, 0) is 37.1 Å². The van der Waals surface area contributed by atoms with E-state index in [2.05, 4.69) is 20.5 Å². The number of carboxylic acid groups (broad SMARTS) is 1. The Morgan fingerprint density at radius 3 is 3.00 bits per heavy atom. The lowest BCUT2D eigenvalue weighted by Gasteiger charge is -2.22. The molecule has 0 fully saturated rings. The molecule has 3 nitrogen and oxygen atoms in total. The van der Waals surface area contributed by atoms with Gasteiger partial charge in [-0.3, -0.25) is 4.79 Å². The van der Waals surface area contributed by atoms with Gasteiger partial charge in [-0.1, -0.05) is 15.9 Å². The fraction of sp³-hybridized carbons (Fsp3) is 0.308.